The Hall–Kier alpha value is -1.85. The molecule has 6 heteroatoms. The first-order valence-electron chi connectivity index (χ1n) is 6.74. The molecule has 114 valence electrons. The Bertz CT molecular complexity index is 353. The third-order valence-electron chi connectivity index (χ3n) is 2.95. The molecular formula is C14H23NO5. The molecule has 0 aliphatic heterocycles. The summed E-state index contributed by atoms with van der Waals surface area (Å²) in [4.78, 5) is 33.3. The summed E-state index contributed by atoms with van der Waals surface area (Å²) in [5.74, 6) is -1.95. The normalized spacial score (nSPS) is 13.1. The van der Waals surface area contributed by atoms with Gasteiger partial charge in [-0.2, -0.15) is 0 Å². The number of carbonyl (C=O) groups excluding carboxylic acids is 2. The summed E-state index contributed by atoms with van der Waals surface area (Å²) in [6.07, 6.45) is 3.16. The van der Waals surface area contributed by atoms with Crippen LogP contribution in [0, 0.1) is 5.92 Å². The van der Waals surface area contributed by atoms with Gasteiger partial charge in [0, 0.05) is 0 Å². The number of carboxylic acids is 1. The molecule has 0 aliphatic rings. The molecule has 6 nitrogen and oxygen atoms in total. The molecule has 0 radical (unpaired) electrons. The van der Waals surface area contributed by atoms with Crippen LogP contribution >= 0.6 is 0 Å². The second-order valence-corrected chi connectivity index (χ2v) is 4.58. The SMILES string of the molecule is C=CC(=O)NC(CCCCOC(=O)C(C)CC)C(=O)O. The summed E-state index contributed by atoms with van der Waals surface area (Å²) in [5, 5.41) is 11.3. The molecule has 0 aliphatic carbocycles. The predicted molar refractivity (Wildman–Crippen MR) is 74.0 cm³/mol. The summed E-state index contributed by atoms with van der Waals surface area (Å²) < 4.78 is 5.05. The number of aliphatic carboxylic acids is 1. The van der Waals surface area contributed by atoms with Crippen LogP contribution in [0.4, 0.5) is 0 Å². The lowest BCUT2D eigenvalue weighted by molar-refractivity contribution is -0.148. The topological polar surface area (TPSA) is 92.7 Å². The van der Waals surface area contributed by atoms with Crippen molar-refractivity contribution in [2.24, 2.45) is 5.92 Å². The second-order valence-electron chi connectivity index (χ2n) is 4.58. The fourth-order valence-electron chi connectivity index (χ4n) is 1.42. The van der Waals surface area contributed by atoms with E-state index in [1.54, 1.807) is 6.92 Å². The highest BCUT2D eigenvalue weighted by Crippen LogP contribution is 2.06. The standard InChI is InChI=1S/C14H23NO5/c1-4-10(3)14(19)20-9-7-6-8-11(13(17)18)15-12(16)5-2/h5,10-11H,2,4,6-9H2,1,3H3,(H,15,16)(H,17,18). The molecule has 2 atom stereocenters. The molecule has 20 heavy (non-hydrogen) atoms. The quantitative estimate of drug-likeness (QED) is 0.360. The lowest BCUT2D eigenvalue weighted by Crippen LogP contribution is -2.39. The van der Waals surface area contributed by atoms with Crippen molar-refractivity contribution in [1.29, 1.82) is 0 Å². The zero-order chi connectivity index (χ0) is 15.5. The van der Waals surface area contributed by atoms with E-state index in [4.69, 9.17) is 9.84 Å². The number of rotatable bonds is 10. The van der Waals surface area contributed by atoms with E-state index in [9.17, 15) is 14.4 Å². The van der Waals surface area contributed by atoms with Crippen LogP contribution in [-0.2, 0) is 19.1 Å². The maximum absolute atomic E-state index is 11.4. The molecule has 2 N–H and O–H groups in total. The van der Waals surface area contributed by atoms with E-state index in [-0.39, 0.29) is 24.9 Å². The van der Waals surface area contributed by atoms with Crippen molar-refractivity contribution in [1.82, 2.24) is 5.32 Å². The zero-order valence-corrected chi connectivity index (χ0v) is 12.1. The van der Waals surface area contributed by atoms with E-state index in [1.165, 1.54) is 0 Å². The van der Waals surface area contributed by atoms with Crippen molar-refractivity contribution in [2.45, 2.75) is 45.6 Å². The first-order chi connectivity index (χ1) is 9.42. The Morgan fingerprint density at radius 1 is 1.35 bits per heavy atom. The van der Waals surface area contributed by atoms with Crippen molar-refractivity contribution in [3.8, 4) is 0 Å². The Balaban J connectivity index is 3.90. The van der Waals surface area contributed by atoms with Gasteiger partial charge in [0.2, 0.25) is 5.91 Å². The number of amides is 1. The van der Waals surface area contributed by atoms with Crippen LogP contribution in [0.25, 0.3) is 0 Å². The van der Waals surface area contributed by atoms with E-state index < -0.39 is 17.9 Å². The summed E-state index contributed by atoms with van der Waals surface area (Å²) >= 11 is 0. The smallest absolute Gasteiger partial charge is 0.326 e. The van der Waals surface area contributed by atoms with E-state index in [1.807, 2.05) is 6.92 Å². The molecule has 0 saturated carbocycles. The Morgan fingerprint density at radius 3 is 2.50 bits per heavy atom. The fraction of sp³-hybridized carbons (Fsp3) is 0.643. The highest BCUT2D eigenvalue weighted by molar-refractivity contribution is 5.90. The van der Waals surface area contributed by atoms with Crippen molar-refractivity contribution in [3.63, 3.8) is 0 Å². The van der Waals surface area contributed by atoms with Gasteiger partial charge in [-0.3, -0.25) is 9.59 Å². The van der Waals surface area contributed by atoms with Crippen LogP contribution in [0.2, 0.25) is 0 Å². The Morgan fingerprint density at radius 2 is 2.00 bits per heavy atom. The number of hydrogen-bond donors (Lipinski definition) is 2. The second kappa shape index (κ2) is 10.00. The molecule has 0 rings (SSSR count). The molecule has 0 bridgehead atoms. The molecular weight excluding hydrogens is 262 g/mol. The van der Waals surface area contributed by atoms with Gasteiger partial charge in [0.05, 0.1) is 12.5 Å². The van der Waals surface area contributed by atoms with Gasteiger partial charge in [0.1, 0.15) is 6.04 Å². The highest BCUT2D eigenvalue weighted by atomic mass is 16.5. The van der Waals surface area contributed by atoms with E-state index in [2.05, 4.69) is 11.9 Å². The van der Waals surface area contributed by atoms with Gasteiger partial charge in [0.25, 0.3) is 0 Å². The molecule has 0 heterocycles. The number of nitrogens with one attached hydrogen (secondary N) is 1. The van der Waals surface area contributed by atoms with Crippen molar-refractivity contribution < 1.29 is 24.2 Å². The van der Waals surface area contributed by atoms with Gasteiger partial charge >= 0.3 is 11.9 Å². The fourth-order valence-corrected chi connectivity index (χ4v) is 1.42. The van der Waals surface area contributed by atoms with Gasteiger partial charge < -0.3 is 15.2 Å². The van der Waals surface area contributed by atoms with Crippen molar-refractivity contribution in [3.05, 3.63) is 12.7 Å². The minimum atomic E-state index is -1.09. The van der Waals surface area contributed by atoms with Crippen LogP contribution in [0.15, 0.2) is 12.7 Å². The zero-order valence-electron chi connectivity index (χ0n) is 12.1. The average molecular weight is 285 g/mol. The molecule has 0 spiro atoms. The first-order valence-corrected chi connectivity index (χ1v) is 6.74. The van der Waals surface area contributed by atoms with Gasteiger partial charge in [-0.15, -0.1) is 0 Å². The van der Waals surface area contributed by atoms with Gasteiger partial charge in [-0.1, -0.05) is 20.4 Å². The Kier molecular flexibility index (Phi) is 9.07. The summed E-state index contributed by atoms with van der Waals surface area (Å²) in [5.41, 5.74) is 0. The maximum Gasteiger partial charge on any atom is 0.326 e. The number of unbranched alkanes of at least 4 members (excludes halogenated alkanes) is 1. The van der Waals surface area contributed by atoms with E-state index >= 15 is 0 Å². The molecule has 0 fully saturated rings. The van der Waals surface area contributed by atoms with Crippen molar-refractivity contribution >= 4 is 17.8 Å². The summed E-state index contributed by atoms with van der Waals surface area (Å²) in [7, 11) is 0. The summed E-state index contributed by atoms with van der Waals surface area (Å²) in [6.45, 7) is 7.24. The number of carbonyl (C=O) groups is 3. The first kappa shape index (κ1) is 18.1. The van der Waals surface area contributed by atoms with Crippen LogP contribution in [0.1, 0.15) is 39.5 Å². The molecule has 1 amide bonds. The largest absolute Gasteiger partial charge is 0.480 e. The third-order valence-corrected chi connectivity index (χ3v) is 2.95. The highest BCUT2D eigenvalue weighted by Gasteiger charge is 2.18. The van der Waals surface area contributed by atoms with E-state index in [0.717, 1.165) is 12.5 Å². The van der Waals surface area contributed by atoms with Gasteiger partial charge in [-0.25, -0.2) is 4.79 Å². The summed E-state index contributed by atoms with van der Waals surface area (Å²) in [6, 6.07) is -0.939. The minimum absolute atomic E-state index is 0.117. The van der Waals surface area contributed by atoms with Crippen LogP contribution < -0.4 is 5.32 Å². The monoisotopic (exact) mass is 285 g/mol. The van der Waals surface area contributed by atoms with Crippen LogP contribution in [0.5, 0.6) is 0 Å². The third kappa shape index (κ3) is 7.56. The lowest BCUT2D eigenvalue weighted by atomic mass is 10.1. The number of ether oxygens (including phenoxy) is 1. The molecule has 0 aromatic carbocycles. The van der Waals surface area contributed by atoms with Crippen LogP contribution in [0.3, 0.4) is 0 Å². The molecule has 0 aromatic rings. The predicted octanol–water partition coefficient (Wildman–Crippen LogP) is 1.50. The average Bonchev–Trinajstić information content (AvgIpc) is 2.43. The minimum Gasteiger partial charge on any atom is -0.480 e. The van der Waals surface area contributed by atoms with Crippen molar-refractivity contribution in [2.75, 3.05) is 6.61 Å². The molecule has 0 aromatic heterocycles. The molecule has 0 saturated heterocycles. The maximum atomic E-state index is 11.4. The van der Waals surface area contributed by atoms with Crippen LogP contribution in [-0.4, -0.2) is 35.6 Å². The number of esters is 1. The van der Waals surface area contributed by atoms with E-state index in [0.29, 0.717) is 12.8 Å². The number of carboxylic acid groups (broad SMARTS) is 1. The number of hydrogen-bond acceptors (Lipinski definition) is 4. The van der Waals surface area contributed by atoms with Gasteiger partial charge in [0.15, 0.2) is 0 Å². The van der Waals surface area contributed by atoms with Gasteiger partial charge in [-0.05, 0) is 31.8 Å². The lowest BCUT2D eigenvalue weighted by Gasteiger charge is -2.13. The molecule has 2 unspecified atom stereocenters. The Labute approximate surface area is 119 Å².